The molecule has 124 valence electrons. The second kappa shape index (κ2) is 7.16. The predicted octanol–water partition coefficient (Wildman–Crippen LogP) is 1.73. The molecule has 1 fully saturated rings. The van der Waals surface area contributed by atoms with Crippen LogP contribution in [0.4, 0.5) is 8.78 Å². The topological polar surface area (TPSA) is 52.7 Å². The molecule has 5 nitrogen and oxygen atoms in total. The molecule has 0 bridgehead atoms. The molecule has 0 radical (unpaired) electrons. The molecular weight excluding hydrogens is 304 g/mol. The Morgan fingerprint density at radius 3 is 2.52 bits per heavy atom. The molecule has 0 amide bonds. The Balaban J connectivity index is 1.60. The van der Waals surface area contributed by atoms with Crippen molar-refractivity contribution in [2.75, 3.05) is 39.3 Å². The van der Waals surface area contributed by atoms with Crippen LogP contribution in [0.3, 0.4) is 0 Å². The molecule has 1 N–H and O–H groups in total. The zero-order valence-electron chi connectivity index (χ0n) is 12.7. The number of aliphatic hydroxyl groups excluding tert-OH is 1. The molecular formula is C16H19F2N3O2. The van der Waals surface area contributed by atoms with Crippen LogP contribution in [-0.2, 0) is 6.54 Å². The van der Waals surface area contributed by atoms with Gasteiger partial charge < -0.3 is 9.52 Å². The summed E-state index contributed by atoms with van der Waals surface area (Å²) in [5.74, 6) is -1.51. The van der Waals surface area contributed by atoms with Crippen LogP contribution in [0.25, 0.3) is 11.5 Å². The van der Waals surface area contributed by atoms with Gasteiger partial charge in [-0.05, 0) is 18.2 Å². The van der Waals surface area contributed by atoms with E-state index in [2.05, 4.69) is 14.8 Å². The third-order valence-electron chi connectivity index (χ3n) is 3.99. The molecule has 2 aromatic rings. The van der Waals surface area contributed by atoms with Gasteiger partial charge in [0.05, 0.1) is 12.3 Å². The van der Waals surface area contributed by atoms with E-state index in [1.807, 2.05) is 0 Å². The summed E-state index contributed by atoms with van der Waals surface area (Å²) in [5, 5.41) is 8.94. The average Bonchev–Trinajstić information content (AvgIpc) is 3.01. The number of halogens is 2. The summed E-state index contributed by atoms with van der Waals surface area (Å²) in [6.07, 6.45) is 1.55. The molecule has 23 heavy (non-hydrogen) atoms. The number of rotatable bonds is 5. The minimum absolute atomic E-state index is 0.181. The second-order valence-corrected chi connectivity index (χ2v) is 5.61. The number of aliphatic hydroxyl groups is 1. The number of piperazine rings is 1. The fourth-order valence-corrected chi connectivity index (χ4v) is 2.68. The van der Waals surface area contributed by atoms with E-state index in [1.165, 1.54) is 6.07 Å². The summed E-state index contributed by atoms with van der Waals surface area (Å²) < 4.78 is 31.6. The number of aromatic nitrogens is 1. The van der Waals surface area contributed by atoms with Gasteiger partial charge in [0.1, 0.15) is 6.26 Å². The van der Waals surface area contributed by atoms with Gasteiger partial charge in [0.2, 0.25) is 5.89 Å². The molecule has 1 aliphatic rings. The average molecular weight is 323 g/mol. The lowest BCUT2D eigenvalue weighted by Gasteiger charge is -2.33. The summed E-state index contributed by atoms with van der Waals surface area (Å²) in [5.41, 5.74) is 1.18. The van der Waals surface area contributed by atoms with E-state index in [-0.39, 0.29) is 12.5 Å². The van der Waals surface area contributed by atoms with Gasteiger partial charge in [-0.1, -0.05) is 0 Å². The van der Waals surface area contributed by atoms with E-state index in [4.69, 9.17) is 9.52 Å². The number of hydrogen-bond acceptors (Lipinski definition) is 5. The van der Waals surface area contributed by atoms with E-state index >= 15 is 0 Å². The quantitative estimate of drug-likeness (QED) is 0.908. The Labute approximate surface area is 133 Å². The number of benzene rings is 1. The summed E-state index contributed by atoms with van der Waals surface area (Å²) in [6, 6.07) is 3.59. The third-order valence-corrected chi connectivity index (χ3v) is 3.99. The first-order valence-corrected chi connectivity index (χ1v) is 7.61. The first kappa shape index (κ1) is 16.0. The van der Waals surface area contributed by atoms with Crippen LogP contribution in [0.15, 0.2) is 28.9 Å². The maximum Gasteiger partial charge on any atom is 0.226 e. The number of hydrogen-bond donors (Lipinski definition) is 1. The summed E-state index contributed by atoms with van der Waals surface area (Å²) in [6.45, 7) is 5.16. The highest BCUT2D eigenvalue weighted by molar-refractivity contribution is 5.53. The second-order valence-electron chi connectivity index (χ2n) is 5.61. The maximum absolute atomic E-state index is 13.3. The molecule has 1 aromatic carbocycles. The minimum Gasteiger partial charge on any atom is -0.444 e. The normalized spacial score (nSPS) is 16.8. The van der Waals surface area contributed by atoms with E-state index in [0.29, 0.717) is 18.7 Å². The first-order valence-electron chi connectivity index (χ1n) is 7.61. The largest absolute Gasteiger partial charge is 0.444 e. The molecule has 0 unspecified atom stereocenters. The molecule has 0 atom stereocenters. The smallest absolute Gasteiger partial charge is 0.226 e. The summed E-state index contributed by atoms with van der Waals surface area (Å²) in [4.78, 5) is 8.81. The lowest BCUT2D eigenvalue weighted by Crippen LogP contribution is -2.46. The van der Waals surface area contributed by atoms with E-state index in [1.54, 1.807) is 6.26 Å². The van der Waals surface area contributed by atoms with Crippen LogP contribution in [0.5, 0.6) is 0 Å². The van der Waals surface area contributed by atoms with Crippen LogP contribution in [-0.4, -0.2) is 59.2 Å². The Bertz CT molecular complexity index is 655. The van der Waals surface area contributed by atoms with Crippen molar-refractivity contribution in [2.45, 2.75) is 6.54 Å². The molecule has 3 rings (SSSR count). The van der Waals surface area contributed by atoms with Gasteiger partial charge in [0.15, 0.2) is 11.6 Å². The lowest BCUT2D eigenvalue weighted by atomic mass is 10.2. The highest BCUT2D eigenvalue weighted by atomic mass is 19.2. The van der Waals surface area contributed by atoms with Crippen LogP contribution in [0, 0.1) is 11.6 Å². The standard InChI is InChI=1S/C16H19F2N3O2/c17-14-2-1-12(9-15(14)18)16-19-13(11-23-16)10-21-5-3-20(4-6-21)7-8-22/h1-2,9,11,22H,3-8,10H2. The predicted molar refractivity (Wildman–Crippen MR) is 80.7 cm³/mol. The van der Waals surface area contributed by atoms with Gasteiger partial charge in [0.25, 0.3) is 0 Å². The third kappa shape index (κ3) is 3.93. The van der Waals surface area contributed by atoms with Gasteiger partial charge in [-0.3, -0.25) is 9.80 Å². The van der Waals surface area contributed by atoms with E-state index < -0.39 is 11.6 Å². The Hall–Kier alpha value is -1.83. The molecule has 0 saturated carbocycles. The molecule has 2 heterocycles. The Morgan fingerprint density at radius 1 is 1.09 bits per heavy atom. The Kier molecular flexibility index (Phi) is 5.00. The van der Waals surface area contributed by atoms with Crippen LogP contribution in [0.1, 0.15) is 5.69 Å². The van der Waals surface area contributed by atoms with Gasteiger partial charge in [-0.15, -0.1) is 0 Å². The molecule has 1 aromatic heterocycles. The summed E-state index contributed by atoms with van der Waals surface area (Å²) in [7, 11) is 0. The van der Waals surface area contributed by atoms with Crippen molar-refractivity contribution in [3.05, 3.63) is 41.8 Å². The summed E-state index contributed by atoms with van der Waals surface area (Å²) >= 11 is 0. The van der Waals surface area contributed by atoms with Crippen molar-refractivity contribution >= 4 is 0 Å². The number of oxazole rings is 1. The van der Waals surface area contributed by atoms with Crippen LogP contribution >= 0.6 is 0 Å². The van der Waals surface area contributed by atoms with Crippen molar-refractivity contribution in [1.29, 1.82) is 0 Å². The van der Waals surface area contributed by atoms with Crippen molar-refractivity contribution in [2.24, 2.45) is 0 Å². The Morgan fingerprint density at radius 2 is 1.83 bits per heavy atom. The molecule has 7 heteroatoms. The van der Waals surface area contributed by atoms with Crippen molar-refractivity contribution in [3.63, 3.8) is 0 Å². The maximum atomic E-state index is 13.3. The van der Waals surface area contributed by atoms with Gasteiger partial charge in [-0.25, -0.2) is 13.8 Å². The molecule has 0 aliphatic carbocycles. The highest BCUT2D eigenvalue weighted by Gasteiger charge is 2.18. The lowest BCUT2D eigenvalue weighted by molar-refractivity contribution is 0.107. The molecule has 0 spiro atoms. The first-order chi connectivity index (χ1) is 11.2. The number of nitrogens with zero attached hydrogens (tertiary/aromatic N) is 3. The van der Waals surface area contributed by atoms with Crippen molar-refractivity contribution in [1.82, 2.24) is 14.8 Å². The fourth-order valence-electron chi connectivity index (χ4n) is 2.68. The zero-order valence-corrected chi connectivity index (χ0v) is 12.7. The van der Waals surface area contributed by atoms with Crippen LogP contribution in [0.2, 0.25) is 0 Å². The minimum atomic E-state index is -0.915. The van der Waals surface area contributed by atoms with Gasteiger partial charge >= 0.3 is 0 Å². The number of β-amino-alcohol motifs (C(OH)–C–C–N with tert-alkyl or cyclic N) is 1. The SMILES string of the molecule is OCCN1CCN(Cc2coc(-c3ccc(F)c(F)c3)n2)CC1. The van der Waals surface area contributed by atoms with Gasteiger partial charge in [-0.2, -0.15) is 0 Å². The van der Waals surface area contributed by atoms with Crippen LogP contribution < -0.4 is 0 Å². The zero-order chi connectivity index (χ0) is 16.2. The van der Waals surface area contributed by atoms with Crippen molar-refractivity contribution in [3.8, 4) is 11.5 Å². The van der Waals surface area contributed by atoms with Gasteiger partial charge in [0, 0.05) is 44.8 Å². The fraction of sp³-hybridized carbons (Fsp3) is 0.438. The van der Waals surface area contributed by atoms with E-state index in [9.17, 15) is 8.78 Å². The highest BCUT2D eigenvalue weighted by Crippen LogP contribution is 2.21. The van der Waals surface area contributed by atoms with E-state index in [0.717, 1.165) is 44.0 Å². The molecule has 1 saturated heterocycles. The monoisotopic (exact) mass is 323 g/mol. The van der Waals surface area contributed by atoms with Crippen molar-refractivity contribution < 1.29 is 18.3 Å². The molecule has 1 aliphatic heterocycles.